The molecule has 0 saturated heterocycles. The molecule has 0 radical (unpaired) electrons. The van der Waals surface area contributed by atoms with E-state index in [2.05, 4.69) is 21.9 Å². The van der Waals surface area contributed by atoms with Crippen molar-refractivity contribution in [2.45, 2.75) is 31.2 Å². The van der Waals surface area contributed by atoms with Crippen LogP contribution in [0.15, 0.2) is 67.5 Å². The van der Waals surface area contributed by atoms with E-state index < -0.39 is 11.7 Å². The first kappa shape index (κ1) is 21.6. The number of aromatic hydroxyl groups is 1. The number of phenols is 1. The number of benzene rings is 1. The third kappa shape index (κ3) is 4.68. The quantitative estimate of drug-likeness (QED) is 0.510. The van der Waals surface area contributed by atoms with Crippen molar-refractivity contribution in [2.24, 2.45) is 11.7 Å². The number of nitrogens with two attached hydrogens (primary N) is 1. The summed E-state index contributed by atoms with van der Waals surface area (Å²) in [6.07, 6.45) is 7.93. The first-order valence-corrected chi connectivity index (χ1v) is 10.5. The van der Waals surface area contributed by atoms with Crippen molar-refractivity contribution >= 4 is 11.6 Å². The lowest BCUT2D eigenvalue weighted by atomic mass is 9.75. The first-order valence-electron chi connectivity index (χ1n) is 10.5. The normalized spacial score (nSPS) is 20.5. The molecule has 0 spiro atoms. The highest BCUT2D eigenvalue weighted by Crippen LogP contribution is 2.39. The Hall–Kier alpha value is -3.58. The van der Waals surface area contributed by atoms with Crippen molar-refractivity contribution in [3.63, 3.8) is 0 Å². The number of carbonyl (C=O) groups is 1. The molecule has 1 amide bonds. The van der Waals surface area contributed by atoms with Crippen LogP contribution in [0, 0.1) is 11.7 Å². The Labute approximate surface area is 186 Å². The highest BCUT2D eigenvalue weighted by molar-refractivity contribution is 6.03. The number of pyridine rings is 2. The van der Waals surface area contributed by atoms with Crippen molar-refractivity contribution < 1.29 is 14.3 Å². The van der Waals surface area contributed by atoms with Crippen LogP contribution in [0.2, 0.25) is 0 Å². The van der Waals surface area contributed by atoms with E-state index in [0.29, 0.717) is 17.3 Å². The molecule has 1 saturated carbocycles. The number of amides is 1. The summed E-state index contributed by atoms with van der Waals surface area (Å²) in [6, 6.07) is 10.6. The highest BCUT2D eigenvalue weighted by atomic mass is 19.1. The lowest BCUT2D eigenvalue weighted by molar-refractivity contribution is 0.102. The summed E-state index contributed by atoms with van der Waals surface area (Å²) < 4.78 is 14.2. The van der Waals surface area contributed by atoms with Gasteiger partial charge in [-0.3, -0.25) is 9.78 Å². The molecule has 0 aliphatic heterocycles. The predicted octanol–water partition coefficient (Wildman–Crippen LogP) is 4.64. The predicted molar refractivity (Wildman–Crippen MR) is 122 cm³/mol. The second-order valence-electron chi connectivity index (χ2n) is 8.15. The van der Waals surface area contributed by atoms with Crippen LogP contribution in [-0.2, 0) is 0 Å². The number of nitrogens with zero attached hydrogens (tertiary/aromatic N) is 2. The van der Waals surface area contributed by atoms with Crippen LogP contribution in [-0.4, -0.2) is 27.0 Å². The lowest BCUT2D eigenvalue weighted by Gasteiger charge is -2.32. The third-order valence-corrected chi connectivity index (χ3v) is 5.87. The Kier molecular flexibility index (Phi) is 6.28. The molecule has 164 valence electrons. The standard InChI is InChI=1S/C25H25FN4O2/c1-2-15-10-16(12-17(27)11-15)19-8-9-28-14-24(19)30-25(32)23-5-3-4-22(29-23)20-7-6-18(31)13-21(20)26/h2-9,13-17,31H,1,10-12,27H2,(H,30,32). The SMILES string of the molecule is C=CC1CC(N)CC(c2ccncc2NC(=O)c2cccc(-c3ccc(O)cc3F)n2)C1. The average molecular weight is 432 g/mol. The fourth-order valence-electron chi connectivity index (χ4n) is 4.33. The maximum atomic E-state index is 14.2. The minimum Gasteiger partial charge on any atom is -0.508 e. The molecule has 4 N–H and O–H groups in total. The fraction of sp³-hybridized carbons (Fsp3) is 0.240. The Morgan fingerprint density at radius 1 is 1.22 bits per heavy atom. The van der Waals surface area contributed by atoms with Gasteiger partial charge < -0.3 is 16.2 Å². The molecule has 3 aromatic rings. The van der Waals surface area contributed by atoms with Gasteiger partial charge in [-0.05, 0) is 67.0 Å². The molecule has 1 fully saturated rings. The van der Waals surface area contributed by atoms with Crippen LogP contribution in [0.5, 0.6) is 5.75 Å². The van der Waals surface area contributed by atoms with E-state index in [4.69, 9.17) is 5.73 Å². The Balaban J connectivity index is 1.58. The van der Waals surface area contributed by atoms with Crippen LogP contribution >= 0.6 is 0 Å². The number of hydrogen-bond acceptors (Lipinski definition) is 5. The van der Waals surface area contributed by atoms with Gasteiger partial charge in [-0.25, -0.2) is 9.37 Å². The number of aromatic nitrogens is 2. The maximum Gasteiger partial charge on any atom is 0.274 e. The molecule has 7 heteroatoms. The van der Waals surface area contributed by atoms with E-state index in [1.807, 2.05) is 12.1 Å². The molecule has 2 aromatic heterocycles. The van der Waals surface area contributed by atoms with E-state index in [1.54, 1.807) is 30.6 Å². The topological polar surface area (TPSA) is 101 Å². The highest BCUT2D eigenvalue weighted by Gasteiger charge is 2.28. The van der Waals surface area contributed by atoms with Gasteiger partial charge in [-0.1, -0.05) is 12.1 Å². The van der Waals surface area contributed by atoms with Crippen LogP contribution in [0.25, 0.3) is 11.3 Å². The molecule has 1 aliphatic rings. The summed E-state index contributed by atoms with van der Waals surface area (Å²) in [7, 11) is 0. The summed E-state index contributed by atoms with van der Waals surface area (Å²) in [4.78, 5) is 21.5. The summed E-state index contributed by atoms with van der Waals surface area (Å²) in [5.74, 6) is -0.689. The number of allylic oxidation sites excluding steroid dienone is 1. The number of halogens is 1. The molecule has 2 heterocycles. The van der Waals surface area contributed by atoms with Gasteiger partial charge >= 0.3 is 0 Å². The van der Waals surface area contributed by atoms with Gasteiger partial charge in [0.25, 0.3) is 5.91 Å². The van der Waals surface area contributed by atoms with Crippen LogP contribution < -0.4 is 11.1 Å². The average Bonchev–Trinajstić information content (AvgIpc) is 2.79. The molecule has 32 heavy (non-hydrogen) atoms. The van der Waals surface area contributed by atoms with E-state index in [1.165, 1.54) is 12.1 Å². The van der Waals surface area contributed by atoms with Crippen molar-refractivity contribution in [1.29, 1.82) is 0 Å². The zero-order valence-corrected chi connectivity index (χ0v) is 17.5. The zero-order chi connectivity index (χ0) is 22.7. The Bertz CT molecular complexity index is 1150. The monoisotopic (exact) mass is 432 g/mol. The number of hydrogen-bond donors (Lipinski definition) is 3. The minimum atomic E-state index is -0.616. The number of phenolic OH excluding ortho intramolecular Hbond substituents is 1. The van der Waals surface area contributed by atoms with Crippen molar-refractivity contribution in [1.82, 2.24) is 9.97 Å². The summed E-state index contributed by atoms with van der Waals surface area (Å²) in [6.45, 7) is 3.92. The Morgan fingerprint density at radius 2 is 2.06 bits per heavy atom. The van der Waals surface area contributed by atoms with Gasteiger partial charge in [0.1, 0.15) is 17.3 Å². The summed E-state index contributed by atoms with van der Waals surface area (Å²) in [5.41, 5.74) is 8.50. The largest absolute Gasteiger partial charge is 0.508 e. The molecule has 1 aliphatic carbocycles. The zero-order valence-electron chi connectivity index (χ0n) is 17.5. The second-order valence-corrected chi connectivity index (χ2v) is 8.15. The molecule has 3 atom stereocenters. The van der Waals surface area contributed by atoms with E-state index in [9.17, 15) is 14.3 Å². The first-order chi connectivity index (χ1) is 15.4. The van der Waals surface area contributed by atoms with E-state index in [0.717, 1.165) is 30.9 Å². The summed E-state index contributed by atoms with van der Waals surface area (Å²) in [5, 5.41) is 12.3. The number of rotatable bonds is 5. The van der Waals surface area contributed by atoms with Gasteiger partial charge in [0.05, 0.1) is 17.6 Å². The fourth-order valence-corrected chi connectivity index (χ4v) is 4.33. The van der Waals surface area contributed by atoms with Gasteiger partial charge in [-0.15, -0.1) is 6.58 Å². The van der Waals surface area contributed by atoms with Crippen molar-refractivity contribution in [3.05, 3.63) is 84.6 Å². The van der Waals surface area contributed by atoms with Crippen LogP contribution in [0.1, 0.15) is 41.2 Å². The molecule has 1 aromatic carbocycles. The van der Waals surface area contributed by atoms with E-state index >= 15 is 0 Å². The van der Waals surface area contributed by atoms with Crippen molar-refractivity contribution in [2.75, 3.05) is 5.32 Å². The smallest absolute Gasteiger partial charge is 0.274 e. The number of carbonyl (C=O) groups excluding carboxylic acids is 1. The molecule has 3 unspecified atom stereocenters. The number of nitrogens with one attached hydrogen (secondary N) is 1. The molecule has 6 nitrogen and oxygen atoms in total. The van der Waals surface area contributed by atoms with Gasteiger partial charge in [0.2, 0.25) is 0 Å². The van der Waals surface area contributed by atoms with Gasteiger partial charge in [-0.2, -0.15) is 0 Å². The van der Waals surface area contributed by atoms with Crippen LogP contribution in [0.4, 0.5) is 10.1 Å². The third-order valence-electron chi connectivity index (χ3n) is 5.87. The molecule has 4 rings (SSSR count). The Morgan fingerprint density at radius 3 is 2.84 bits per heavy atom. The van der Waals surface area contributed by atoms with Crippen molar-refractivity contribution in [3.8, 4) is 17.0 Å². The molecular formula is C25H25FN4O2. The van der Waals surface area contributed by atoms with E-state index in [-0.39, 0.29) is 29.0 Å². The lowest BCUT2D eigenvalue weighted by Crippen LogP contribution is -2.31. The van der Waals surface area contributed by atoms with Crippen LogP contribution in [0.3, 0.4) is 0 Å². The number of anilines is 1. The minimum absolute atomic E-state index is 0.0759. The molecular weight excluding hydrogens is 407 g/mol. The van der Waals surface area contributed by atoms with Gasteiger partial charge in [0.15, 0.2) is 0 Å². The maximum absolute atomic E-state index is 14.2. The van der Waals surface area contributed by atoms with Gasteiger partial charge in [0, 0.05) is 23.9 Å². The molecule has 0 bridgehead atoms. The second kappa shape index (κ2) is 9.28. The summed E-state index contributed by atoms with van der Waals surface area (Å²) >= 11 is 0.